The molecule has 1 fully saturated rings. The summed E-state index contributed by atoms with van der Waals surface area (Å²) in [5, 5.41) is 11.4. The van der Waals surface area contributed by atoms with Crippen LogP contribution in [0.1, 0.15) is 22.8 Å². The van der Waals surface area contributed by atoms with E-state index in [-0.39, 0.29) is 29.2 Å². The first-order chi connectivity index (χ1) is 14.3. The summed E-state index contributed by atoms with van der Waals surface area (Å²) in [5.74, 6) is -2.89. The van der Waals surface area contributed by atoms with Crippen LogP contribution in [-0.4, -0.2) is 40.2 Å². The lowest BCUT2D eigenvalue weighted by molar-refractivity contribution is -0.385. The van der Waals surface area contributed by atoms with Crippen LogP contribution in [-0.2, 0) is 16.1 Å². The molecule has 5 amide bonds. The average Bonchev–Trinajstić information content (AvgIpc) is 2.92. The lowest BCUT2D eigenvalue weighted by atomic mass is 10.1. The van der Waals surface area contributed by atoms with Crippen molar-refractivity contribution in [2.45, 2.75) is 13.5 Å². The van der Waals surface area contributed by atoms with Crippen LogP contribution in [0.25, 0.3) is 0 Å². The third-order valence-corrected chi connectivity index (χ3v) is 4.35. The van der Waals surface area contributed by atoms with Gasteiger partial charge in [0.1, 0.15) is 5.75 Å². The molecule has 0 saturated carbocycles. The van der Waals surface area contributed by atoms with Crippen LogP contribution in [0.5, 0.6) is 5.75 Å². The quantitative estimate of drug-likeness (QED) is 0.313. The molecule has 1 aliphatic rings. The van der Waals surface area contributed by atoms with Crippen LogP contribution in [0.15, 0.2) is 42.5 Å². The highest BCUT2D eigenvalue weighted by molar-refractivity contribution is 6.52. The smallest absolute Gasteiger partial charge is 0.339 e. The molecule has 0 radical (unpaired) electrons. The molecule has 0 bridgehead atoms. The fourth-order valence-corrected chi connectivity index (χ4v) is 2.97. The minimum atomic E-state index is -1.14. The van der Waals surface area contributed by atoms with Gasteiger partial charge in [0.05, 0.1) is 23.8 Å². The fraction of sp³-hybridized carbons (Fsp3) is 0.158. The zero-order chi connectivity index (χ0) is 22.0. The zero-order valence-electron chi connectivity index (χ0n) is 15.7. The Bertz CT molecular complexity index is 1080. The van der Waals surface area contributed by atoms with Crippen LogP contribution < -0.4 is 15.4 Å². The van der Waals surface area contributed by atoms with E-state index in [9.17, 15) is 29.3 Å². The topological polar surface area (TPSA) is 153 Å². The van der Waals surface area contributed by atoms with Gasteiger partial charge in [-0.2, -0.15) is 0 Å². The number of nitrogens with two attached hydrogens (primary N) is 1. The number of primary amides is 1. The van der Waals surface area contributed by atoms with Crippen molar-refractivity contribution < 1.29 is 28.8 Å². The Morgan fingerprint density at radius 3 is 2.47 bits per heavy atom. The summed E-state index contributed by atoms with van der Waals surface area (Å²) in [7, 11) is 0. The third-order valence-electron chi connectivity index (χ3n) is 4.35. The maximum absolute atomic E-state index is 12.9. The number of anilines is 1. The second-order valence-electron chi connectivity index (χ2n) is 6.18. The van der Waals surface area contributed by atoms with Crippen molar-refractivity contribution in [2.24, 2.45) is 5.73 Å². The second-order valence-corrected chi connectivity index (χ2v) is 6.18. The molecule has 2 aromatic rings. The number of rotatable bonds is 7. The summed E-state index contributed by atoms with van der Waals surface area (Å²) in [5.41, 5.74) is 4.57. The van der Waals surface area contributed by atoms with Gasteiger partial charge in [0.2, 0.25) is 5.91 Å². The Balaban J connectivity index is 1.97. The van der Waals surface area contributed by atoms with Gasteiger partial charge in [-0.15, -0.1) is 0 Å². The number of amides is 5. The number of nitro groups is 1. The molecule has 1 aliphatic heterocycles. The molecule has 2 aromatic carbocycles. The number of carbonyl (C=O) groups excluding carboxylic acids is 4. The van der Waals surface area contributed by atoms with Crippen molar-refractivity contribution in [3.05, 3.63) is 63.7 Å². The van der Waals surface area contributed by atoms with Gasteiger partial charge < -0.3 is 10.5 Å². The Labute approximate surface area is 169 Å². The first-order valence-electron chi connectivity index (χ1n) is 8.75. The molecule has 30 heavy (non-hydrogen) atoms. The van der Waals surface area contributed by atoms with Crippen LogP contribution >= 0.6 is 0 Å². The summed E-state index contributed by atoms with van der Waals surface area (Å²) in [6.45, 7) is 1.45. The lowest BCUT2D eigenvalue weighted by Crippen LogP contribution is -2.33. The molecule has 0 aromatic heterocycles. The van der Waals surface area contributed by atoms with Crippen molar-refractivity contribution in [3.63, 3.8) is 0 Å². The lowest BCUT2D eigenvalue weighted by Gasteiger charge is -2.18. The maximum Gasteiger partial charge on any atom is 0.339 e. The molecule has 0 spiro atoms. The van der Waals surface area contributed by atoms with E-state index < -0.39 is 40.9 Å². The number of nitrogens with zero attached hydrogens (tertiary/aromatic N) is 3. The van der Waals surface area contributed by atoms with Crippen LogP contribution in [0.2, 0.25) is 0 Å². The van der Waals surface area contributed by atoms with E-state index in [4.69, 9.17) is 10.5 Å². The zero-order valence-corrected chi connectivity index (χ0v) is 15.7. The van der Waals surface area contributed by atoms with Crippen molar-refractivity contribution >= 4 is 35.1 Å². The highest BCUT2D eigenvalue weighted by Crippen LogP contribution is 2.33. The first-order valence-corrected chi connectivity index (χ1v) is 8.75. The van der Waals surface area contributed by atoms with Gasteiger partial charge in [0.15, 0.2) is 0 Å². The van der Waals surface area contributed by atoms with E-state index in [2.05, 4.69) is 0 Å². The molecular weight excluding hydrogens is 396 g/mol. The van der Waals surface area contributed by atoms with Crippen molar-refractivity contribution in [3.8, 4) is 5.75 Å². The number of imide groups is 2. The van der Waals surface area contributed by atoms with E-state index in [0.717, 1.165) is 6.07 Å². The fourth-order valence-electron chi connectivity index (χ4n) is 2.97. The van der Waals surface area contributed by atoms with Gasteiger partial charge in [0, 0.05) is 17.2 Å². The largest absolute Gasteiger partial charge is 0.492 e. The summed E-state index contributed by atoms with van der Waals surface area (Å²) >= 11 is 0. The van der Waals surface area contributed by atoms with Crippen LogP contribution in [0, 0.1) is 10.1 Å². The number of benzene rings is 2. The van der Waals surface area contributed by atoms with E-state index in [1.807, 2.05) is 0 Å². The van der Waals surface area contributed by atoms with Gasteiger partial charge in [0.25, 0.3) is 5.69 Å². The molecule has 154 valence electrons. The molecular formula is C19H16N4O7. The van der Waals surface area contributed by atoms with Crippen LogP contribution in [0.4, 0.5) is 16.2 Å². The number of ether oxygens (including phenoxy) is 1. The number of carbonyl (C=O) groups is 4. The van der Waals surface area contributed by atoms with Crippen molar-refractivity contribution in [1.29, 1.82) is 0 Å². The summed E-state index contributed by atoms with van der Waals surface area (Å²) in [4.78, 5) is 61.0. The number of para-hydroxylation sites is 2. The molecule has 0 aliphatic carbocycles. The highest BCUT2D eigenvalue weighted by atomic mass is 16.6. The number of urea groups is 1. The van der Waals surface area contributed by atoms with Gasteiger partial charge in [-0.1, -0.05) is 12.1 Å². The van der Waals surface area contributed by atoms with E-state index >= 15 is 0 Å². The van der Waals surface area contributed by atoms with Crippen LogP contribution in [0.3, 0.4) is 0 Å². The predicted octanol–water partition coefficient (Wildman–Crippen LogP) is 1.59. The Kier molecular flexibility index (Phi) is 5.45. The maximum atomic E-state index is 12.9. The summed E-state index contributed by atoms with van der Waals surface area (Å²) in [6, 6.07) is 8.63. The molecule has 1 heterocycles. The average molecular weight is 412 g/mol. The standard InChI is InChI=1S/C19H16N4O7/c1-2-30-15-6-4-3-5-13(15)22-18(26)17(25)21(19(22)27)10-12-8-7-11(16(20)24)9-14(12)23(28)29/h3-9H,2,10H2,1H3,(H2,20,24). The van der Waals surface area contributed by atoms with E-state index in [0.29, 0.717) is 9.80 Å². The summed E-state index contributed by atoms with van der Waals surface area (Å²) < 4.78 is 5.41. The minimum absolute atomic E-state index is 0.0422. The van der Waals surface area contributed by atoms with Gasteiger partial charge in [-0.05, 0) is 31.2 Å². The predicted molar refractivity (Wildman–Crippen MR) is 103 cm³/mol. The number of hydrogen-bond donors (Lipinski definition) is 1. The monoisotopic (exact) mass is 412 g/mol. The molecule has 11 heteroatoms. The van der Waals surface area contributed by atoms with Gasteiger partial charge in [-0.25, -0.2) is 9.69 Å². The molecule has 0 unspecified atom stereocenters. The Hall–Kier alpha value is -4.28. The third kappa shape index (κ3) is 3.55. The van der Waals surface area contributed by atoms with E-state index in [1.165, 1.54) is 18.2 Å². The second kappa shape index (κ2) is 7.99. The first kappa shape index (κ1) is 20.5. The molecule has 11 nitrogen and oxygen atoms in total. The van der Waals surface area contributed by atoms with Gasteiger partial charge >= 0.3 is 17.8 Å². The number of hydrogen-bond acceptors (Lipinski definition) is 7. The SMILES string of the molecule is CCOc1ccccc1N1C(=O)C(=O)N(Cc2ccc(C(N)=O)cc2[N+](=O)[O-])C1=O. The highest BCUT2D eigenvalue weighted by Gasteiger charge is 2.46. The van der Waals surface area contributed by atoms with Crippen molar-refractivity contribution in [1.82, 2.24) is 4.90 Å². The molecule has 3 rings (SSSR count). The van der Waals surface area contributed by atoms with Gasteiger partial charge in [-0.3, -0.25) is 29.4 Å². The van der Waals surface area contributed by atoms with E-state index in [1.54, 1.807) is 25.1 Å². The Morgan fingerprint density at radius 2 is 1.83 bits per heavy atom. The normalized spacial score (nSPS) is 13.7. The summed E-state index contributed by atoms with van der Waals surface area (Å²) in [6.07, 6.45) is 0. The molecule has 1 saturated heterocycles. The molecule has 2 N–H and O–H groups in total. The number of nitro benzene ring substituents is 1. The Morgan fingerprint density at radius 1 is 1.13 bits per heavy atom. The van der Waals surface area contributed by atoms with Crippen molar-refractivity contribution in [2.75, 3.05) is 11.5 Å². The minimum Gasteiger partial charge on any atom is -0.492 e. The molecule has 0 atom stereocenters.